The monoisotopic (exact) mass is 2000 g/mol. The zero-order valence-electron chi connectivity index (χ0n) is 80.6. The number of carbonyl (C=O) groups excluding carboxylic acids is 10. The number of benzene rings is 4. The Hall–Kier alpha value is -11.5. The zero-order chi connectivity index (χ0) is 101. The molecule has 44 heteroatoms. The quantitative estimate of drug-likeness (QED) is 0.0117. The molecule has 0 aliphatic carbocycles. The van der Waals surface area contributed by atoms with Crippen LogP contribution in [0.1, 0.15) is 132 Å². The fraction of sp³-hybridized carbons (Fsp3) is 0.495. The molecule has 0 bridgehead atoms. The van der Waals surface area contributed by atoms with E-state index in [1.165, 1.54) is 97.1 Å². The SMILES string of the molecule is COCCOCCOCCOCCOC[C@H](C)OC(=O)c1ccccc1NC(=O)c1cc(NC(=O)c2cc(Cl)cc(C(=O)Nc3cc(C(=O)Nc4ccccc4C(=O)O[C@@H](C)COCCOCCOCCOCCOC)nc(C(=O)Nc4ccccc4C(=O)O[C@@H](C)COCCOCCOCCOCCOC)c3)n2)cc(C(=O)Nc2ccccc2C(=O)O[C@@H](C)COCCOCCOCCOCCOC)n1. The van der Waals surface area contributed by atoms with Gasteiger partial charge in [0.1, 0.15) is 58.6 Å². The van der Waals surface area contributed by atoms with Gasteiger partial charge in [0.15, 0.2) is 0 Å². The Morgan fingerprint density at radius 2 is 0.397 bits per heavy atom. The molecule has 43 nitrogen and oxygen atoms in total. The van der Waals surface area contributed by atoms with Gasteiger partial charge in [-0.1, -0.05) is 60.1 Å². The number of hydrogen-bond donors (Lipinski definition) is 6. The van der Waals surface area contributed by atoms with Crippen molar-refractivity contribution in [2.45, 2.75) is 52.1 Å². The van der Waals surface area contributed by atoms with Gasteiger partial charge in [-0.25, -0.2) is 34.1 Å². The van der Waals surface area contributed by atoms with E-state index in [-0.39, 0.29) is 141 Å². The molecule has 0 aliphatic heterocycles. The van der Waals surface area contributed by atoms with E-state index in [1.807, 2.05) is 0 Å². The average molecular weight is 2000 g/mol. The van der Waals surface area contributed by atoms with Crippen molar-refractivity contribution in [2.75, 3.05) is 298 Å². The number of nitrogens with one attached hydrogen (secondary N) is 6. The molecular formula is C97H128ClN9O34. The molecule has 7 rings (SSSR count). The van der Waals surface area contributed by atoms with Crippen molar-refractivity contribution in [3.63, 3.8) is 0 Å². The third kappa shape index (κ3) is 47.3. The van der Waals surface area contributed by atoms with E-state index in [0.29, 0.717) is 159 Å². The summed E-state index contributed by atoms with van der Waals surface area (Å²) in [5.41, 5.74) is -4.44. The molecule has 6 amide bonds. The standard InChI is InChI=1S/C97H128ClN9O34/c1-67(63-134-53-49-130-45-41-126-37-33-122-29-25-118-5)138-94(114)74-17-9-13-21-78(74)104-90(110)84-59-72(60-85(102-84)91(111)105-79-22-14-10-18-75(79)95(115)139-68(2)64-135-54-50-131-46-42-127-38-34-123-30-26-119-6)99-88(108)82-57-71(98)58-83(101-82)89(109)100-73-61-86(92(112)106-80-23-15-11-19-76(80)96(116)140-69(3)65-136-55-51-132-47-43-128-39-35-124-31-27-120-7)103-87(62-73)93(113)107-81-24-16-12-20-77(81)97(117)141-70(4)66-137-56-52-133-48-44-129-40-36-125-32-28-121-8/h9-24,57-62,67-70H,25-56,63-66H2,1-8H3,(H,104,110)(H,105,111)(H,106,112)(H,107,113)(H,99,102,108)(H,100,103,109)/t67-,68-,69-,70-/m0/s1. The number of methoxy groups -OCH3 is 4. The lowest BCUT2D eigenvalue weighted by molar-refractivity contribution is -0.0248. The van der Waals surface area contributed by atoms with Crippen molar-refractivity contribution in [3.05, 3.63) is 195 Å². The van der Waals surface area contributed by atoms with E-state index in [4.69, 9.17) is 125 Å². The summed E-state index contributed by atoms with van der Waals surface area (Å²) in [6, 6.07) is 29.9. The minimum atomic E-state index is -1.09. The predicted octanol–water partition coefficient (Wildman–Crippen LogP) is 9.07. The summed E-state index contributed by atoms with van der Waals surface area (Å²) in [4.78, 5) is 157. The number of anilines is 6. The third-order valence-corrected chi connectivity index (χ3v) is 19.0. The molecule has 6 N–H and O–H groups in total. The molecule has 7 aromatic rings. The van der Waals surface area contributed by atoms with Crippen LogP contribution in [-0.4, -0.2) is 365 Å². The Balaban J connectivity index is 1.10. The predicted molar refractivity (Wildman–Crippen MR) is 511 cm³/mol. The largest absolute Gasteiger partial charge is 0.457 e. The number of aromatic nitrogens is 3. The van der Waals surface area contributed by atoms with Gasteiger partial charge in [0.05, 0.1) is 283 Å². The van der Waals surface area contributed by atoms with E-state index in [1.54, 1.807) is 56.1 Å². The van der Waals surface area contributed by atoms with Gasteiger partial charge in [0, 0.05) is 44.8 Å². The van der Waals surface area contributed by atoms with Gasteiger partial charge in [-0.3, -0.25) is 28.8 Å². The van der Waals surface area contributed by atoms with Crippen LogP contribution in [0.2, 0.25) is 5.02 Å². The highest BCUT2D eigenvalue weighted by Gasteiger charge is 2.28. The van der Waals surface area contributed by atoms with Crippen LogP contribution >= 0.6 is 11.6 Å². The zero-order valence-corrected chi connectivity index (χ0v) is 81.3. The molecule has 141 heavy (non-hydrogen) atoms. The molecule has 772 valence electrons. The Morgan fingerprint density at radius 3 is 0.589 bits per heavy atom. The van der Waals surface area contributed by atoms with Gasteiger partial charge in [-0.2, -0.15) is 0 Å². The lowest BCUT2D eigenvalue weighted by Gasteiger charge is -2.17. The lowest BCUT2D eigenvalue weighted by atomic mass is 10.1. The second-order valence-corrected chi connectivity index (χ2v) is 30.6. The van der Waals surface area contributed by atoms with Gasteiger partial charge < -0.3 is 146 Å². The molecule has 0 aliphatic rings. The summed E-state index contributed by atoms with van der Waals surface area (Å²) in [6.07, 6.45) is -3.19. The van der Waals surface area contributed by atoms with Gasteiger partial charge in [-0.15, -0.1) is 0 Å². The highest BCUT2D eigenvalue weighted by Crippen LogP contribution is 2.27. The van der Waals surface area contributed by atoms with Crippen molar-refractivity contribution in [3.8, 4) is 0 Å². The van der Waals surface area contributed by atoms with E-state index >= 15 is 0 Å². The van der Waals surface area contributed by atoms with Gasteiger partial charge in [-0.05, 0) is 113 Å². The number of ether oxygens (including phenoxy) is 24. The minimum Gasteiger partial charge on any atom is -0.457 e. The number of halogens is 1. The maximum Gasteiger partial charge on any atom is 0.340 e. The number of esters is 4. The summed E-state index contributed by atoms with van der Waals surface area (Å²) in [7, 11) is 6.34. The van der Waals surface area contributed by atoms with Crippen molar-refractivity contribution >= 4 is 105 Å². The number of hydrogen-bond acceptors (Lipinski definition) is 37. The second-order valence-electron chi connectivity index (χ2n) is 30.2. The number of nitrogens with zero attached hydrogens (tertiary/aromatic N) is 3. The fourth-order valence-corrected chi connectivity index (χ4v) is 12.1. The van der Waals surface area contributed by atoms with Crippen molar-refractivity contribution in [1.29, 1.82) is 0 Å². The van der Waals surface area contributed by atoms with Gasteiger partial charge >= 0.3 is 23.9 Å². The smallest absolute Gasteiger partial charge is 0.340 e. The Kier molecular flexibility index (Phi) is 58.0. The van der Waals surface area contributed by atoms with E-state index in [0.717, 1.165) is 36.4 Å². The van der Waals surface area contributed by atoms with Crippen LogP contribution in [-0.2, 0) is 114 Å². The first-order valence-electron chi connectivity index (χ1n) is 45.6. The van der Waals surface area contributed by atoms with Crippen LogP contribution in [0.15, 0.2) is 133 Å². The first-order valence-corrected chi connectivity index (χ1v) is 46.0. The van der Waals surface area contributed by atoms with Crippen molar-refractivity contribution in [2.24, 2.45) is 0 Å². The van der Waals surface area contributed by atoms with Crippen LogP contribution in [0.5, 0.6) is 0 Å². The van der Waals surface area contributed by atoms with Gasteiger partial charge in [0.25, 0.3) is 35.4 Å². The molecule has 4 aromatic carbocycles. The summed E-state index contributed by atoms with van der Waals surface area (Å²) < 4.78 is 131. The highest BCUT2D eigenvalue weighted by molar-refractivity contribution is 6.31. The molecule has 0 unspecified atom stereocenters. The summed E-state index contributed by atoms with van der Waals surface area (Å²) in [5, 5.41) is 15.5. The summed E-state index contributed by atoms with van der Waals surface area (Å²) in [6.45, 7) is 17.2. The van der Waals surface area contributed by atoms with Crippen LogP contribution in [0.4, 0.5) is 34.1 Å². The number of para-hydroxylation sites is 4. The topological polar surface area (TPSA) is 503 Å². The molecule has 3 aromatic heterocycles. The lowest BCUT2D eigenvalue weighted by Crippen LogP contribution is -2.25. The first-order chi connectivity index (χ1) is 68.6. The molecule has 0 fully saturated rings. The average Bonchev–Trinajstić information content (AvgIpc) is 0.812. The van der Waals surface area contributed by atoms with E-state index in [9.17, 15) is 47.9 Å². The number of rotatable bonds is 76. The highest BCUT2D eigenvalue weighted by atomic mass is 35.5. The Bertz CT molecular complexity index is 4380. The first kappa shape index (κ1) is 116. The number of carbonyl (C=O) groups is 10. The maximum atomic E-state index is 14.7. The Morgan fingerprint density at radius 1 is 0.234 bits per heavy atom. The van der Waals surface area contributed by atoms with Crippen molar-refractivity contribution in [1.82, 2.24) is 15.0 Å². The molecule has 4 atom stereocenters. The molecule has 0 radical (unpaired) electrons. The van der Waals surface area contributed by atoms with Crippen LogP contribution in [0, 0.1) is 0 Å². The van der Waals surface area contributed by atoms with Crippen LogP contribution in [0.25, 0.3) is 0 Å². The molecular weight excluding hydrogens is 1870 g/mol. The van der Waals surface area contributed by atoms with Gasteiger partial charge in [0.2, 0.25) is 0 Å². The fourth-order valence-electron chi connectivity index (χ4n) is 11.9. The summed E-state index contributed by atoms with van der Waals surface area (Å²) >= 11 is 6.70. The summed E-state index contributed by atoms with van der Waals surface area (Å²) in [5.74, 6) is -9.72. The minimum absolute atomic E-state index is 0.0284. The Labute approximate surface area is 823 Å². The van der Waals surface area contributed by atoms with E-state index < -0.39 is 118 Å². The molecule has 0 saturated heterocycles. The normalized spacial score (nSPS) is 12.1. The number of pyridine rings is 3. The third-order valence-electron chi connectivity index (χ3n) is 18.8. The van der Waals surface area contributed by atoms with Crippen LogP contribution < -0.4 is 31.9 Å². The maximum absolute atomic E-state index is 14.7. The number of amides is 6. The van der Waals surface area contributed by atoms with E-state index in [2.05, 4.69) is 46.9 Å². The second kappa shape index (κ2) is 70.2. The molecule has 0 spiro atoms. The molecule has 0 saturated carbocycles. The molecule has 3 heterocycles. The van der Waals surface area contributed by atoms with Crippen LogP contribution in [0.3, 0.4) is 0 Å². The van der Waals surface area contributed by atoms with Crippen molar-refractivity contribution < 1.29 is 162 Å².